The fraction of sp³-hybridized carbons (Fsp3) is 0.375. The Hall–Kier alpha value is -3.25. The van der Waals surface area contributed by atoms with E-state index in [9.17, 15) is 14.4 Å². The fourth-order valence-corrected chi connectivity index (χ4v) is 8.02. The van der Waals surface area contributed by atoms with Crippen molar-refractivity contribution in [2.75, 3.05) is 68.1 Å². The second-order valence-corrected chi connectivity index (χ2v) is 16.8. The van der Waals surface area contributed by atoms with E-state index in [2.05, 4.69) is 41.5 Å². The predicted molar refractivity (Wildman–Crippen MR) is 251 cm³/mol. The molecule has 9 N–H and O–H groups in total. The van der Waals surface area contributed by atoms with Gasteiger partial charge in [0, 0.05) is 63.5 Å². The minimum atomic E-state index is -0.0612. The molecule has 6 rings (SSSR count). The Balaban J connectivity index is 0.000000456. The van der Waals surface area contributed by atoms with Crippen molar-refractivity contribution in [1.29, 1.82) is 0 Å². The molecule has 21 heteroatoms. The smallest absolute Gasteiger partial charge is 0.870 e. The average molecular weight is 988 g/mol. The van der Waals surface area contributed by atoms with E-state index >= 15 is 0 Å². The number of thiocarbonyl (C=S) groups is 1. The van der Waals surface area contributed by atoms with Gasteiger partial charge < -0.3 is 47.5 Å². The summed E-state index contributed by atoms with van der Waals surface area (Å²) in [6, 6.07) is 15.3. The van der Waals surface area contributed by atoms with Crippen LogP contribution in [0.3, 0.4) is 0 Å². The van der Waals surface area contributed by atoms with Crippen molar-refractivity contribution >= 4 is 111 Å². The number of hydrogen-bond acceptors (Lipinski definition) is 17. The number of carbonyl (C=O) groups excluding carboxylic acids is 3. The topological polar surface area (TPSA) is 250 Å². The summed E-state index contributed by atoms with van der Waals surface area (Å²) in [6.07, 6.45) is 4.36. The molecule has 0 radical (unpaired) electrons. The number of amides is 1. The molecule has 4 heterocycles. The monoisotopic (exact) mass is 986 g/mol. The molecule has 61 heavy (non-hydrogen) atoms. The van der Waals surface area contributed by atoms with E-state index in [4.69, 9.17) is 43.6 Å². The Bertz CT molecular complexity index is 2070. The van der Waals surface area contributed by atoms with Crippen LogP contribution < -0.4 is 57.4 Å². The van der Waals surface area contributed by atoms with Gasteiger partial charge in [-0.15, -0.1) is 11.3 Å². The number of aromatic nitrogens is 3. The van der Waals surface area contributed by atoms with E-state index < -0.39 is 0 Å². The van der Waals surface area contributed by atoms with Crippen LogP contribution in [0.15, 0.2) is 53.9 Å². The number of aryl methyl sites for hydroxylation is 2. The van der Waals surface area contributed by atoms with Crippen LogP contribution in [0, 0.1) is 13.8 Å². The maximum absolute atomic E-state index is 11.8. The number of nitrogens with zero attached hydrogens (tertiary/aromatic N) is 3. The number of halogens is 1. The molecule has 0 saturated carbocycles. The first-order chi connectivity index (χ1) is 28.3. The third kappa shape index (κ3) is 21.6. The number of alkyl halides is 1. The zero-order valence-electron chi connectivity index (χ0n) is 35.0. The van der Waals surface area contributed by atoms with E-state index in [-0.39, 0.29) is 52.5 Å². The summed E-state index contributed by atoms with van der Waals surface area (Å²) in [4.78, 5) is 49.2. The van der Waals surface area contributed by atoms with Gasteiger partial charge in [0.1, 0.15) is 5.78 Å². The van der Waals surface area contributed by atoms with Gasteiger partial charge in [-0.1, -0.05) is 75.1 Å². The van der Waals surface area contributed by atoms with Gasteiger partial charge in [-0.25, -0.2) is 15.0 Å². The Morgan fingerprint density at radius 2 is 1.39 bits per heavy atom. The van der Waals surface area contributed by atoms with Gasteiger partial charge in [0.05, 0.1) is 56.8 Å². The quantitative estimate of drug-likeness (QED) is 0.0387. The third-order valence-corrected chi connectivity index (χ3v) is 11.4. The minimum absolute atomic E-state index is 0. The van der Waals surface area contributed by atoms with Gasteiger partial charge in [0.15, 0.2) is 21.2 Å². The Labute approximate surface area is 404 Å². The third-order valence-electron chi connectivity index (χ3n) is 7.91. The molecule has 1 aliphatic rings. The molecule has 5 aromatic rings. The van der Waals surface area contributed by atoms with E-state index in [1.807, 2.05) is 60.8 Å². The molecule has 0 unspecified atom stereocenters. The van der Waals surface area contributed by atoms with Crippen molar-refractivity contribution in [3.05, 3.63) is 81.3 Å². The summed E-state index contributed by atoms with van der Waals surface area (Å²) in [7, 11) is 3.17. The standard InChI is InChI=1S/C18H20N4O2S2.C12H16N2O2S.C6H7BrN2OS.C4H8O.Na.H2O/c1-11-16(26-17(19)20-11)15-10-25-18(22-15)21-13-5-3-12(4-6-13)9-14(23)7-8-24-2;1-16-7-6-12(15)14-10-4-2-9(3-5-10)8-11(13)17;1-3-5(4(10)2-7)11-6(8)9-3;1-2-4-5-3-1;;/h3-6,10H,7-9H2,1-2H3,(H2,19,20)(H,21,22);2-5H,6-8H2,1H3,(H2,13,17)(H,14,15);2H2,1H3,(H2,8,9);1-4H2;;1H2/q;;;;+1;/p-1. The van der Waals surface area contributed by atoms with Gasteiger partial charge in [0.25, 0.3) is 0 Å². The van der Waals surface area contributed by atoms with E-state index in [1.54, 1.807) is 21.1 Å². The van der Waals surface area contributed by atoms with E-state index in [0.29, 0.717) is 64.4 Å². The second-order valence-electron chi connectivity index (χ2n) is 12.8. The number of hydrogen-bond donors (Lipinski definition) is 5. The zero-order chi connectivity index (χ0) is 43.2. The van der Waals surface area contributed by atoms with Crippen molar-refractivity contribution < 1.29 is 63.6 Å². The van der Waals surface area contributed by atoms with Gasteiger partial charge in [-0.2, -0.15) is 0 Å². The van der Waals surface area contributed by atoms with Crippen molar-refractivity contribution in [2.45, 2.75) is 52.4 Å². The molecule has 1 aliphatic heterocycles. The Morgan fingerprint density at radius 3 is 1.89 bits per heavy atom. The van der Waals surface area contributed by atoms with Crippen LogP contribution in [0.1, 0.15) is 57.9 Å². The number of nitrogens with one attached hydrogen (secondary N) is 2. The van der Waals surface area contributed by atoms with Crippen molar-refractivity contribution in [3.63, 3.8) is 0 Å². The molecule has 0 bridgehead atoms. The van der Waals surface area contributed by atoms with Crippen LogP contribution in [0.25, 0.3) is 10.6 Å². The van der Waals surface area contributed by atoms with Crippen LogP contribution in [0.2, 0.25) is 0 Å². The average Bonchev–Trinajstić information content (AvgIpc) is 4.05. The summed E-state index contributed by atoms with van der Waals surface area (Å²) in [5.41, 5.74) is 22.8. The number of Topliss-reactive ketones (excluding diaryl/α,β-unsaturated/α-hetero) is 2. The molecule has 0 atom stereocenters. The summed E-state index contributed by atoms with van der Waals surface area (Å²) in [5.74, 6) is 0.155. The molecule has 0 aliphatic carbocycles. The van der Waals surface area contributed by atoms with Gasteiger partial charge in [-0.3, -0.25) is 14.4 Å². The van der Waals surface area contributed by atoms with Crippen LogP contribution in [-0.2, 0) is 36.6 Å². The normalized spacial score (nSPS) is 11.2. The molecule has 1 saturated heterocycles. The largest absolute Gasteiger partial charge is 1.00 e. The number of methoxy groups -OCH3 is 2. The Morgan fingerprint density at radius 1 is 0.836 bits per heavy atom. The van der Waals surface area contributed by atoms with Crippen molar-refractivity contribution in [3.8, 4) is 10.6 Å². The number of ketones is 2. The van der Waals surface area contributed by atoms with Gasteiger partial charge >= 0.3 is 29.6 Å². The SMILES string of the molecule is C1CCOC1.COCCC(=O)Cc1ccc(Nc2nc(-c3sc(N)nc3C)cs2)cc1.COCCC(=O)Nc1ccc(CC(N)=S)cc1.Cc1nc(N)sc1C(=O)CBr.[Na+].[OH-]. The number of nitrogens with two attached hydrogens (primary N) is 3. The van der Waals surface area contributed by atoms with Crippen LogP contribution in [0.4, 0.5) is 26.8 Å². The number of carbonyl (C=O) groups is 3. The van der Waals surface area contributed by atoms with Crippen molar-refractivity contribution in [2.24, 2.45) is 5.73 Å². The molecular weight excluding hydrogens is 936 g/mol. The molecule has 3 aromatic heterocycles. The van der Waals surface area contributed by atoms with E-state index in [1.165, 1.54) is 46.9 Å². The minimum Gasteiger partial charge on any atom is -0.870 e. The number of thiazole rings is 3. The molecule has 1 fully saturated rings. The van der Waals surface area contributed by atoms with Crippen LogP contribution in [0.5, 0.6) is 0 Å². The second kappa shape index (κ2) is 30.7. The number of nitrogen functional groups attached to an aromatic ring is 2. The molecule has 326 valence electrons. The zero-order valence-corrected chi connectivity index (χ0v) is 41.8. The maximum Gasteiger partial charge on any atom is 1.00 e. The molecular formula is C40H52BrN8NaO7S4. The van der Waals surface area contributed by atoms with Crippen molar-refractivity contribution in [1.82, 2.24) is 15.0 Å². The first-order valence-electron chi connectivity index (χ1n) is 18.4. The summed E-state index contributed by atoms with van der Waals surface area (Å²) in [6.45, 7) is 6.60. The van der Waals surface area contributed by atoms with Gasteiger partial charge in [-0.05, 0) is 62.1 Å². The molecule has 0 spiro atoms. The number of anilines is 5. The molecule has 15 nitrogen and oxygen atoms in total. The number of benzene rings is 2. The summed E-state index contributed by atoms with van der Waals surface area (Å²) < 4.78 is 14.7. The van der Waals surface area contributed by atoms with Crippen LogP contribution in [-0.4, -0.2) is 88.9 Å². The Kier molecular flexibility index (Phi) is 28.1. The van der Waals surface area contributed by atoms with Crippen LogP contribution >= 0.6 is 62.2 Å². The molecule has 2 aromatic carbocycles. The number of ether oxygens (including phenoxy) is 3. The summed E-state index contributed by atoms with van der Waals surface area (Å²) >= 11 is 12.1. The fourth-order valence-electron chi connectivity index (χ4n) is 5.02. The first-order valence-corrected chi connectivity index (χ1v) is 22.5. The van der Waals surface area contributed by atoms with Gasteiger partial charge in [0.2, 0.25) is 5.91 Å². The molecule has 1 amide bonds. The number of rotatable bonds is 16. The van der Waals surface area contributed by atoms with E-state index in [0.717, 1.165) is 62.8 Å². The maximum atomic E-state index is 11.8. The summed E-state index contributed by atoms with van der Waals surface area (Å²) in [5, 5.41) is 10.2. The first kappa shape index (κ1) is 55.8. The predicted octanol–water partition coefficient (Wildman–Crippen LogP) is 4.77.